The highest BCUT2D eigenvalue weighted by Crippen LogP contribution is 2.45. The zero-order valence-electron chi connectivity index (χ0n) is 15.2. The molecule has 1 saturated carbocycles. The van der Waals surface area contributed by atoms with Crippen molar-refractivity contribution >= 4 is 5.91 Å². The van der Waals surface area contributed by atoms with E-state index in [1.165, 1.54) is 19.3 Å². The second-order valence-corrected chi connectivity index (χ2v) is 7.76. The molecule has 25 heavy (non-hydrogen) atoms. The summed E-state index contributed by atoms with van der Waals surface area (Å²) in [5, 5.41) is 7.52. The molecule has 0 radical (unpaired) electrons. The number of hydrogen-bond acceptors (Lipinski definition) is 6. The lowest BCUT2D eigenvalue weighted by Gasteiger charge is -2.43. The molecule has 7 heteroatoms. The Hall–Kier alpha value is -1.47. The Bertz CT molecular complexity index is 610. The van der Waals surface area contributed by atoms with Gasteiger partial charge in [-0.1, -0.05) is 24.9 Å². The first-order valence-corrected chi connectivity index (χ1v) is 9.75. The average Bonchev–Trinajstić information content (AvgIpc) is 3.29. The fourth-order valence-corrected chi connectivity index (χ4v) is 4.79. The molecular formula is C18H29N5O2. The van der Waals surface area contributed by atoms with Crippen LogP contribution in [0.1, 0.15) is 44.3 Å². The van der Waals surface area contributed by atoms with E-state index in [0.717, 1.165) is 57.9 Å². The van der Waals surface area contributed by atoms with Gasteiger partial charge >= 0.3 is 0 Å². The number of aromatic nitrogens is 2. The number of amides is 1. The first-order chi connectivity index (χ1) is 12.2. The molecule has 2 saturated heterocycles. The third-order valence-electron chi connectivity index (χ3n) is 6.30. The normalized spacial score (nSPS) is 30.4. The Balaban J connectivity index is 1.34. The minimum atomic E-state index is -0.121. The van der Waals surface area contributed by atoms with Crippen molar-refractivity contribution < 1.29 is 9.32 Å². The van der Waals surface area contributed by atoms with Gasteiger partial charge in [-0.3, -0.25) is 9.69 Å². The molecule has 0 spiro atoms. The van der Waals surface area contributed by atoms with Crippen molar-refractivity contribution in [1.29, 1.82) is 0 Å². The zero-order valence-corrected chi connectivity index (χ0v) is 15.2. The highest BCUT2D eigenvalue weighted by atomic mass is 16.5. The van der Waals surface area contributed by atoms with Crippen LogP contribution in [0.25, 0.3) is 0 Å². The van der Waals surface area contributed by atoms with Gasteiger partial charge in [-0.2, -0.15) is 4.98 Å². The molecule has 4 rings (SSSR count). The number of hydrogen-bond donors (Lipinski definition) is 1. The molecular weight excluding hydrogens is 318 g/mol. The number of nitrogens with one attached hydrogen (secondary N) is 1. The minimum absolute atomic E-state index is 0.121. The number of piperazine rings is 1. The van der Waals surface area contributed by atoms with Crippen molar-refractivity contribution in [3.63, 3.8) is 0 Å². The summed E-state index contributed by atoms with van der Waals surface area (Å²) in [6, 6.07) is 0. The number of nitrogens with zero attached hydrogens (tertiary/aromatic N) is 4. The number of aryl methyl sites for hydroxylation is 1. The summed E-state index contributed by atoms with van der Waals surface area (Å²) in [4.78, 5) is 22.1. The topological polar surface area (TPSA) is 74.5 Å². The van der Waals surface area contributed by atoms with Gasteiger partial charge in [-0.05, 0) is 25.3 Å². The van der Waals surface area contributed by atoms with Crippen LogP contribution in [0.2, 0.25) is 0 Å². The van der Waals surface area contributed by atoms with E-state index in [4.69, 9.17) is 4.52 Å². The van der Waals surface area contributed by atoms with Gasteiger partial charge in [0.2, 0.25) is 11.8 Å². The van der Waals surface area contributed by atoms with E-state index in [1.807, 2.05) is 6.92 Å². The highest BCUT2D eigenvalue weighted by Gasteiger charge is 2.51. The fraction of sp³-hybridized carbons (Fsp3) is 0.833. The Morgan fingerprint density at radius 3 is 2.92 bits per heavy atom. The number of rotatable bonds is 4. The molecule has 2 aliphatic heterocycles. The maximum Gasteiger partial charge on any atom is 0.230 e. The Kier molecular flexibility index (Phi) is 4.78. The summed E-state index contributed by atoms with van der Waals surface area (Å²) < 4.78 is 5.18. The third-order valence-corrected chi connectivity index (χ3v) is 6.30. The number of fused-ring (bicyclic) bond motifs is 1. The van der Waals surface area contributed by atoms with E-state index >= 15 is 0 Å². The Labute approximate surface area is 149 Å². The van der Waals surface area contributed by atoms with Crippen LogP contribution in [0.4, 0.5) is 0 Å². The maximum atomic E-state index is 13.3. The standard InChI is InChI=1S/C18H29N5O2/c1-2-16-20-15(21-25-16)12-22-7-9-23(10-8-22)17(24)18-6-4-3-5-14(18)11-19-13-18/h14,19H,2-13H2,1H3/t14-,18+/m0/s1. The minimum Gasteiger partial charge on any atom is -0.340 e. The molecule has 1 N–H and O–H groups in total. The lowest BCUT2D eigenvalue weighted by atomic mass is 9.67. The van der Waals surface area contributed by atoms with Crippen LogP contribution in [0, 0.1) is 11.3 Å². The summed E-state index contributed by atoms with van der Waals surface area (Å²) in [7, 11) is 0. The molecule has 1 aromatic rings. The van der Waals surface area contributed by atoms with E-state index in [0.29, 0.717) is 24.3 Å². The van der Waals surface area contributed by atoms with Crippen molar-refractivity contribution in [2.24, 2.45) is 11.3 Å². The quantitative estimate of drug-likeness (QED) is 0.878. The van der Waals surface area contributed by atoms with Crippen molar-refractivity contribution in [2.75, 3.05) is 39.3 Å². The molecule has 7 nitrogen and oxygen atoms in total. The fourth-order valence-electron chi connectivity index (χ4n) is 4.79. The van der Waals surface area contributed by atoms with E-state index in [1.54, 1.807) is 0 Å². The van der Waals surface area contributed by atoms with Crippen LogP contribution in [0.5, 0.6) is 0 Å². The first-order valence-electron chi connectivity index (χ1n) is 9.75. The second-order valence-electron chi connectivity index (χ2n) is 7.76. The number of carbonyl (C=O) groups is 1. The van der Waals surface area contributed by atoms with Gasteiger partial charge in [0.25, 0.3) is 0 Å². The molecule has 3 aliphatic rings. The molecule has 0 unspecified atom stereocenters. The van der Waals surface area contributed by atoms with Gasteiger partial charge < -0.3 is 14.7 Å². The molecule has 1 aliphatic carbocycles. The summed E-state index contributed by atoms with van der Waals surface area (Å²) in [6.45, 7) is 8.00. The van der Waals surface area contributed by atoms with E-state index in [-0.39, 0.29) is 5.41 Å². The lowest BCUT2D eigenvalue weighted by molar-refractivity contribution is -0.147. The lowest BCUT2D eigenvalue weighted by Crippen LogP contribution is -2.55. The summed E-state index contributed by atoms with van der Waals surface area (Å²) in [5.41, 5.74) is -0.121. The molecule has 1 aromatic heterocycles. The highest BCUT2D eigenvalue weighted by molar-refractivity contribution is 5.84. The molecule has 3 fully saturated rings. The predicted octanol–water partition coefficient (Wildman–Crippen LogP) is 1.06. The first kappa shape index (κ1) is 17.0. The van der Waals surface area contributed by atoms with Crippen LogP contribution in [-0.4, -0.2) is 65.1 Å². The van der Waals surface area contributed by atoms with Crippen LogP contribution in [-0.2, 0) is 17.8 Å². The SMILES string of the molecule is CCc1nc(CN2CCN(C(=O)[C@@]34CCCC[C@H]3CNC4)CC2)no1. The van der Waals surface area contributed by atoms with Crippen molar-refractivity contribution in [2.45, 2.75) is 45.6 Å². The van der Waals surface area contributed by atoms with Gasteiger partial charge in [0, 0.05) is 39.1 Å². The van der Waals surface area contributed by atoms with Gasteiger partial charge in [0.1, 0.15) is 0 Å². The van der Waals surface area contributed by atoms with E-state index < -0.39 is 0 Å². The van der Waals surface area contributed by atoms with Crippen LogP contribution in [0.3, 0.4) is 0 Å². The van der Waals surface area contributed by atoms with Crippen LogP contribution >= 0.6 is 0 Å². The summed E-state index contributed by atoms with van der Waals surface area (Å²) in [5.74, 6) is 2.39. The Morgan fingerprint density at radius 2 is 2.16 bits per heavy atom. The monoisotopic (exact) mass is 347 g/mol. The largest absolute Gasteiger partial charge is 0.340 e. The zero-order chi connectivity index (χ0) is 17.3. The van der Waals surface area contributed by atoms with E-state index in [2.05, 4.69) is 25.3 Å². The molecule has 1 amide bonds. The van der Waals surface area contributed by atoms with Crippen molar-refractivity contribution in [3.05, 3.63) is 11.7 Å². The predicted molar refractivity (Wildman–Crippen MR) is 92.8 cm³/mol. The van der Waals surface area contributed by atoms with Crippen LogP contribution < -0.4 is 5.32 Å². The number of carbonyl (C=O) groups excluding carboxylic acids is 1. The smallest absolute Gasteiger partial charge is 0.230 e. The summed E-state index contributed by atoms with van der Waals surface area (Å²) >= 11 is 0. The molecule has 0 aromatic carbocycles. The molecule has 138 valence electrons. The van der Waals surface area contributed by atoms with Crippen LogP contribution in [0.15, 0.2) is 4.52 Å². The van der Waals surface area contributed by atoms with Gasteiger partial charge in [0.05, 0.1) is 12.0 Å². The molecule has 2 atom stereocenters. The van der Waals surface area contributed by atoms with Crippen molar-refractivity contribution in [1.82, 2.24) is 25.3 Å². The molecule has 3 heterocycles. The Morgan fingerprint density at radius 1 is 1.32 bits per heavy atom. The second kappa shape index (κ2) is 7.03. The molecule has 0 bridgehead atoms. The maximum absolute atomic E-state index is 13.3. The van der Waals surface area contributed by atoms with Gasteiger partial charge in [-0.15, -0.1) is 0 Å². The van der Waals surface area contributed by atoms with Gasteiger partial charge in [0.15, 0.2) is 5.82 Å². The van der Waals surface area contributed by atoms with E-state index in [9.17, 15) is 4.79 Å². The third kappa shape index (κ3) is 3.19. The van der Waals surface area contributed by atoms with Crippen molar-refractivity contribution in [3.8, 4) is 0 Å². The average molecular weight is 347 g/mol. The van der Waals surface area contributed by atoms with Gasteiger partial charge in [-0.25, -0.2) is 0 Å². The summed E-state index contributed by atoms with van der Waals surface area (Å²) in [6.07, 6.45) is 5.51.